The minimum atomic E-state index is -2.61. The predicted octanol–water partition coefficient (Wildman–Crippen LogP) is 1.18. The number of rotatable bonds is 6. The number of halogens is 2. The molecule has 0 aromatic carbocycles. The van der Waals surface area contributed by atoms with Crippen LogP contribution in [-0.2, 0) is 0 Å². The zero-order valence-electron chi connectivity index (χ0n) is 8.03. The van der Waals surface area contributed by atoms with E-state index in [0.29, 0.717) is 6.54 Å². The Kier molecular flexibility index (Phi) is 5.33. The molecule has 12 heavy (non-hydrogen) atoms. The molecular weight excluding hydrogens is 162 g/mol. The molecule has 0 aliphatic carbocycles. The van der Waals surface area contributed by atoms with Gasteiger partial charge < -0.3 is 10.2 Å². The van der Waals surface area contributed by atoms with Gasteiger partial charge in [0.05, 0.1) is 13.1 Å². The molecule has 0 heterocycles. The Labute approximate surface area is 72.9 Å². The third-order valence-corrected chi connectivity index (χ3v) is 1.36. The summed E-state index contributed by atoms with van der Waals surface area (Å²) in [6.07, 6.45) is 0.887. The smallest absolute Gasteiger partial charge is 0.272 e. The van der Waals surface area contributed by atoms with E-state index in [1.165, 1.54) is 4.90 Å². The van der Waals surface area contributed by atoms with Crippen LogP contribution < -0.4 is 5.32 Å². The molecule has 0 unspecified atom stereocenters. The van der Waals surface area contributed by atoms with Crippen LogP contribution >= 0.6 is 0 Å². The van der Waals surface area contributed by atoms with Crippen molar-refractivity contribution in [1.29, 1.82) is 0 Å². The molecule has 0 aromatic rings. The monoisotopic (exact) mass is 180 g/mol. The van der Waals surface area contributed by atoms with E-state index in [0.717, 1.165) is 6.42 Å². The average Bonchev–Trinajstić information content (AvgIpc) is 1.84. The minimum absolute atomic E-state index is 0.191. The molecule has 0 radical (unpaired) electrons. The summed E-state index contributed by atoms with van der Waals surface area (Å²) in [6, 6.07) is 0. The van der Waals surface area contributed by atoms with E-state index in [1.807, 2.05) is 6.92 Å². The van der Waals surface area contributed by atoms with Crippen LogP contribution in [0.15, 0.2) is 0 Å². The van der Waals surface area contributed by atoms with E-state index in [4.69, 9.17) is 0 Å². The normalized spacial score (nSPS) is 12.5. The maximum absolute atomic E-state index is 12.9. The van der Waals surface area contributed by atoms with Crippen LogP contribution in [-0.4, -0.2) is 44.6 Å². The highest BCUT2D eigenvalue weighted by molar-refractivity contribution is 4.71. The molecule has 0 atom stereocenters. The average molecular weight is 180 g/mol. The highest BCUT2D eigenvalue weighted by atomic mass is 19.3. The SMILES string of the molecule is CCCNCC(F)(F)CN(C)C. The molecule has 1 N–H and O–H groups in total. The Morgan fingerprint density at radius 2 is 1.92 bits per heavy atom. The first-order valence-corrected chi connectivity index (χ1v) is 4.21. The molecule has 0 aliphatic rings. The summed E-state index contributed by atoms with van der Waals surface area (Å²) in [5.74, 6) is -2.61. The van der Waals surface area contributed by atoms with Gasteiger partial charge in [0.25, 0.3) is 5.92 Å². The summed E-state index contributed by atoms with van der Waals surface area (Å²) >= 11 is 0. The Bertz CT molecular complexity index is 116. The summed E-state index contributed by atoms with van der Waals surface area (Å²) in [7, 11) is 3.29. The summed E-state index contributed by atoms with van der Waals surface area (Å²) in [4.78, 5) is 1.49. The van der Waals surface area contributed by atoms with E-state index in [2.05, 4.69) is 5.32 Å². The van der Waals surface area contributed by atoms with Crippen molar-refractivity contribution in [3.63, 3.8) is 0 Å². The van der Waals surface area contributed by atoms with Crippen molar-refractivity contribution in [2.45, 2.75) is 19.3 Å². The Balaban J connectivity index is 3.56. The topological polar surface area (TPSA) is 15.3 Å². The first-order chi connectivity index (χ1) is 5.48. The molecule has 0 saturated carbocycles. The van der Waals surface area contributed by atoms with Gasteiger partial charge in [0, 0.05) is 0 Å². The molecule has 0 aliphatic heterocycles. The zero-order valence-corrected chi connectivity index (χ0v) is 8.03. The molecule has 0 aromatic heterocycles. The summed E-state index contributed by atoms with van der Waals surface area (Å²) in [6.45, 7) is 2.20. The van der Waals surface area contributed by atoms with Crippen LogP contribution in [0.1, 0.15) is 13.3 Å². The Hall–Kier alpha value is -0.220. The predicted molar refractivity (Wildman–Crippen MR) is 46.7 cm³/mol. The van der Waals surface area contributed by atoms with E-state index >= 15 is 0 Å². The fourth-order valence-electron chi connectivity index (χ4n) is 0.967. The quantitative estimate of drug-likeness (QED) is 0.617. The van der Waals surface area contributed by atoms with Gasteiger partial charge in [0.15, 0.2) is 0 Å². The first-order valence-electron chi connectivity index (χ1n) is 4.21. The van der Waals surface area contributed by atoms with Crippen molar-refractivity contribution in [2.75, 3.05) is 33.7 Å². The molecule has 4 heteroatoms. The van der Waals surface area contributed by atoms with E-state index in [-0.39, 0.29) is 13.1 Å². The third-order valence-electron chi connectivity index (χ3n) is 1.36. The minimum Gasteiger partial charge on any atom is -0.311 e. The number of hydrogen-bond acceptors (Lipinski definition) is 2. The van der Waals surface area contributed by atoms with Gasteiger partial charge in [0.2, 0.25) is 0 Å². The fraction of sp³-hybridized carbons (Fsp3) is 1.00. The van der Waals surface area contributed by atoms with Crippen LogP contribution in [0.25, 0.3) is 0 Å². The highest BCUT2D eigenvalue weighted by Gasteiger charge is 2.28. The van der Waals surface area contributed by atoms with Crippen molar-refractivity contribution in [3.8, 4) is 0 Å². The summed E-state index contributed by atoms with van der Waals surface area (Å²) in [5, 5.41) is 2.70. The maximum Gasteiger partial charge on any atom is 0.272 e. The van der Waals surface area contributed by atoms with Gasteiger partial charge in [-0.25, -0.2) is 8.78 Å². The lowest BCUT2D eigenvalue weighted by atomic mass is 10.3. The summed E-state index contributed by atoms with van der Waals surface area (Å²) in [5.41, 5.74) is 0. The lowest BCUT2D eigenvalue weighted by Crippen LogP contribution is -2.41. The second-order valence-electron chi connectivity index (χ2n) is 3.27. The molecule has 0 amide bonds. The van der Waals surface area contributed by atoms with Gasteiger partial charge in [-0.15, -0.1) is 0 Å². The van der Waals surface area contributed by atoms with Crippen LogP contribution in [0, 0.1) is 0 Å². The highest BCUT2D eigenvalue weighted by Crippen LogP contribution is 2.12. The number of nitrogens with one attached hydrogen (secondary N) is 1. The van der Waals surface area contributed by atoms with Gasteiger partial charge >= 0.3 is 0 Å². The first kappa shape index (κ1) is 11.8. The van der Waals surface area contributed by atoms with Crippen molar-refractivity contribution >= 4 is 0 Å². The fourth-order valence-corrected chi connectivity index (χ4v) is 0.967. The van der Waals surface area contributed by atoms with Gasteiger partial charge in [0.1, 0.15) is 0 Å². The van der Waals surface area contributed by atoms with E-state index in [9.17, 15) is 8.78 Å². The zero-order chi connectivity index (χ0) is 9.61. The lowest BCUT2D eigenvalue weighted by Gasteiger charge is -2.20. The van der Waals surface area contributed by atoms with Crippen LogP contribution in [0.2, 0.25) is 0 Å². The molecule has 0 spiro atoms. The van der Waals surface area contributed by atoms with Gasteiger partial charge in [-0.1, -0.05) is 6.92 Å². The summed E-state index contributed by atoms with van der Waals surface area (Å²) < 4.78 is 25.8. The van der Waals surface area contributed by atoms with Crippen molar-refractivity contribution in [2.24, 2.45) is 0 Å². The second-order valence-corrected chi connectivity index (χ2v) is 3.27. The largest absolute Gasteiger partial charge is 0.311 e. The number of hydrogen-bond donors (Lipinski definition) is 1. The van der Waals surface area contributed by atoms with Gasteiger partial charge in [-0.2, -0.15) is 0 Å². The van der Waals surface area contributed by atoms with Crippen LogP contribution in [0.4, 0.5) is 8.78 Å². The third kappa shape index (κ3) is 6.49. The van der Waals surface area contributed by atoms with Gasteiger partial charge in [-0.3, -0.25) is 0 Å². The van der Waals surface area contributed by atoms with E-state index in [1.54, 1.807) is 14.1 Å². The van der Waals surface area contributed by atoms with Gasteiger partial charge in [-0.05, 0) is 27.1 Å². The molecule has 2 nitrogen and oxygen atoms in total. The van der Waals surface area contributed by atoms with Crippen LogP contribution in [0.3, 0.4) is 0 Å². The Morgan fingerprint density at radius 1 is 1.33 bits per heavy atom. The number of alkyl halides is 2. The second kappa shape index (κ2) is 5.43. The van der Waals surface area contributed by atoms with Crippen molar-refractivity contribution in [3.05, 3.63) is 0 Å². The molecular formula is C8H18F2N2. The maximum atomic E-state index is 12.9. The van der Waals surface area contributed by atoms with E-state index < -0.39 is 5.92 Å². The Morgan fingerprint density at radius 3 is 2.33 bits per heavy atom. The molecule has 0 fully saturated rings. The molecule has 0 saturated heterocycles. The van der Waals surface area contributed by atoms with Crippen LogP contribution in [0.5, 0.6) is 0 Å². The van der Waals surface area contributed by atoms with Crippen molar-refractivity contribution < 1.29 is 8.78 Å². The van der Waals surface area contributed by atoms with Crippen molar-refractivity contribution in [1.82, 2.24) is 10.2 Å². The molecule has 0 rings (SSSR count). The standard InChI is InChI=1S/C8H18F2N2/c1-4-5-11-6-8(9,10)7-12(2)3/h11H,4-7H2,1-3H3. The number of nitrogens with zero attached hydrogens (tertiary/aromatic N) is 1. The molecule has 74 valence electrons. The molecule has 0 bridgehead atoms. The lowest BCUT2D eigenvalue weighted by molar-refractivity contribution is -0.0195.